The monoisotopic (exact) mass is 375 g/mol. The standard InChI is InChI=1S/C20H22ClNO4/c1-24-16-9-10-18(25-2)14(11-16)12-22(15-7-8-15)20(23)13-26-19-6-4-3-5-17(19)21/h3-6,9-11,15H,7-8,12-13H2,1-2H3. The summed E-state index contributed by atoms with van der Waals surface area (Å²) in [6.07, 6.45) is 2.01. The van der Waals surface area contributed by atoms with Crippen molar-refractivity contribution in [2.75, 3.05) is 20.8 Å². The first-order chi connectivity index (χ1) is 12.6. The molecule has 1 saturated carbocycles. The van der Waals surface area contributed by atoms with E-state index in [1.807, 2.05) is 35.2 Å². The summed E-state index contributed by atoms with van der Waals surface area (Å²) in [4.78, 5) is 14.6. The Balaban J connectivity index is 1.71. The van der Waals surface area contributed by atoms with Crippen LogP contribution in [0.25, 0.3) is 0 Å². The number of carbonyl (C=O) groups is 1. The first-order valence-corrected chi connectivity index (χ1v) is 8.88. The molecule has 0 heterocycles. The van der Waals surface area contributed by atoms with Crippen LogP contribution in [0.1, 0.15) is 18.4 Å². The van der Waals surface area contributed by atoms with E-state index < -0.39 is 0 Å². The van der Waals surface area contributed by atoms with Gasteiger partial charge in [-0.05, 0) is 43.2 Å². The minimum absolute atomic E-state index is 0.0491. The molecule has 2 aromatic carbocycles. The fraction of sp³-hybridized carbons (Fsp3) is 0.350. The van der Waals surface area contributed by atoms with Gasteiger partial charge >= 0.3 is 0 Å². The number of rotatable bonds is 8. The number of nitrogens with zero attached hydrogens (tertiary/aromatic N) is 1. The van der Waals surface area contributed by atoms with E-state index in [9.17, 15) is 4.79 Å². The topological polar surface area (TPSA) is 48.0 Å². The third kappa shape index (κ3) is 4.41. The molecule has 0 unspecified atom stereocenters. The Kier molecular flexibility index (Phi) is 5.89. The average molecular weight is 376 g/mol. The van der Waals surface area contributed by atoms with Crippen LogP contribution >= 0.6 is 11.6 Å². The molecule has 1 amide bonds. The van der Waals surface area contributed by atoms with Crippen molar-refractivity contribution in [3.05, 3.63) is 53.1 Å². The Morgan fingerprint density at radius 1 is 1.12 bits per heavy atom. The fourth-order valence-corrected chi connectivity index (χ4v) is 2.97. The van der Waals surface area contributed by atoms with E-state index in [2.05, 4.69) is 0 Å². The Hall–Kier alpha value is -2.40. The number of benzene rings is 2. The van der Waals surface area contributed by atoms with Crippen molar-refractivity contribution in [1.29, 1.82) is 0 Å². The van der Waals surface area contributed by atoms with Crippen molar-refractivity contribution < 1.29 is 19.0 Å². The van der Waals surface area contributed by atoms with Gasteiger partial charge in [0.1, 0.15) is 17.2 Å². The first kappa shape index (κ1) is 18.4. The van der Waals surface area contributed by atoms with Crippen LogP contribution in [-0.4, -0.2) is 37.7 Å². The van der Waals surface area contributed by atoms with Crippen LogP contribution in [0.15, 0.2) is 42.5 Å². The summed E-state index contributed by atoms with van der Waals surface area (Å²) < 4.78 is 16.3. The molecule has 3 rings (SSSR count). The van der Waals surface area contributed by atoms with Gasteiger partial charge in [0.05, 0.1) is 19.2 Å². The van der Waals surface area contributed by atoms with Crippen LogP contribution in [0.4, 0.5) is 0 Å². The summed E-state index contributed by atoms with van der Waals surface area (Å²) in [5.41, 5.74) is 0.907. The third-order valence-electron chi connectivity index (χ3n) is 4.32. The molecule has 0 radical (unpaired) electrons. The van der Waals surface area contributed by atoms with E-state index in [1.54, 1.807) is 26.4 Å². The van der Waals surface area contributed by atoms with Crippen LogP contribution in [0.3, 0.4) is 0 Å². The molecule has 0 saturated heterocycles. The van der Waals surface area contributed by atoms with Gasteiger partial charge in [-0.15, -0.1) is 0 Å². The van der Waals surface area contributed by atoms with Gasteiger partial charge in [0.25, 0.3) is 5.91 Å². The van der Waals surface area contributed by atoms with Crippen LogP contribution in [0, 0.1) is 0 Å². The van der Waals surface area contributed by atoms with Crippen molar-refractivity contribution in [3.8, 4) is 17.2 Å². The molecule has 2 aromatic rings. The Labute approximate surface area is 158 Å². The molecule has 6 heteroatoms. The van der Waals surface area contributed by atoms with Gasteiger partial charge in [-0.3, -0.25) is 4.79 Å². The zero-order valence-electron chi connectivity index (χ0n) is 14.9. The smallest absolute Gasteiger partial charge is 0.261 e. The van der Waals surface area contributed by atoms with Gasteiger partial charge in [-0.1, -0.05) is 23.7 Å². The molecular weight excluding hydrogens is 354 g/mol. The second-order valence-corrected chi connectivity index (χ2v) is 6.56. The van der Waals surface area contributed by atoms with Crippen LogP contribution < -0.4 is 14.2 Å². The lowest BCUT2D eigenvalue weighted by Crippen LogP contribution is -2.36. The van der Waals surface area contributed by atoms with E-state index in [-0.39, 0.29) is 18.6 Å². The van der Waals surface area contributed by atoms with E-state index in [4.69, 9.17) is 25.8 Å². The minimum Gasteiger partial charge on any atom is -0.497 e. The third-order valence-corrected chi connectivity index (χ3v) is 4.64. The molecule has 0 aromatic heterocycles. The maximum atomic E-state index is 12.8. The Morgan fingerprint density at radius 2 is 1.88 bits per heavy atom. The van der Waals surface area contributed by atoms with Gasteiger partial charge in [0, 0.05) is 18.2 Å². The van der Waals surface area contributed by atoms with E-state index >= 15 is 0 Å². The van der Waals surface area contributed by atoms with Crippen LogP contribution in [-0.2, 0) is 11.3 Å². The zero-order chi connectivity index (χ0) is 18.5. The van der Waals surface area contributed by atoms with Crippen LogP contribution in [0.5, 0.6) is 17.2 Å². The van der Waals surface area contributed by atoms with E-state index in [0.29, 0.717) is 17.3 Å². The molecule has 5 nitrogen and oxygen atoms in total. The fourth-order valence-electron chi connectivity index (χ4n) is 2.78. The molecule has 1 fully saturated rings. The Bertz CT molecular complexity index is 776. The van der Waals surface area contributed by atoms with Gasteiger partial charge in [0.2, 0.25) is 0 Å². The summed E-state index contributed by atoms with van der Waals surface area (Å²) in [6.45, 7) is 0.405. The van der Waals surface area contributed by atoms with Crippen molar-refractivity contribution in [1.82, 2.24) is 4.90 Å². The van der Waals surface area contributed by atoms with Crippen molar-refractivity contribution >= 4 is 17.5 Å². The first-order valence-electron chi connectivity index (χ1n) is 8.50. The number of para-hydroxylation sites is 1. The van der Waals surface area contributed by atoms with Gasteiger partial charge in [-0.2, -0.15) is 0 Å². The second-order valence-electron chi connectivity index (χ2n) is 6.15. The zero-order valence-corrected chi connectivity index (χ0v) is 15.7. The predicted octanol–water partition coefficient (Wildman–Crippen LogP) is 3.93. The lowest BCUT2D eigenvalue weighted by molar-refractivity contribution is -0.134. The van der Waals surface area contributed by atoms with Gasteiger partial charge in [-0.25, -0.2) is 0 Å². The number of methoxy groups -OCH3 is 2. The molecule has 0 aliphatic heterocycles. The van der Waals surface area contributed by atoms with E-state index in [0.717, 1.165) is 29.9 Å². The molecule has 0 spiro atoms. The van der Waals surface area contributed by atoms with Crippen molar-refractivity contribution in [2.24, 2.45) is 0 Å². The Morgan fingerprint density at radius 3 is 2.54 bits per heavy atom. The molecule has 0 atom stereocenters. The summed E-state index contributed by atoms with van der Waals surface area (Å²) in [6, 6.07) is 13.0. The largest absolute Gasteiger partial charge is 0.497 e. The molecule has 1 aliphatic carbocycles. The van der Waals surface area contributed by atoms with Crippen LogP contribution in [0.2, 0.25) is 5.02 Å². The second kappa shape index (κ2) is 8.32. The molecule has 1 aliphatic rings. The van der Waals surface area contributed by atoms with Crippen molar-refractivity contribution in [3.63, 3.8) is 0 Å². The summed E-state index contributed by atoms with van der Waals surface area (Å²) in [5, 5.41) is 0.493. The highest BCUT2D eigenvalue weighted by Crippen LogP contribution is 2.32. The summed E-state index contributed by atoms with van der Waals surface area (Å²) >= 11 is 6.08. The molecule has 0 N–H and O–H groups in total. The minimum atomic E-state index is -0.0720. The summed E-state index contributed by atoms with van der Waals surface area (Å²) in [7, 11) is 3.24. The number of halogens is 1. The predicted molar refractivity (Wildman–Crippen MR) is 100 cm³/mol. The molecule has 0 bridgehead atoms. The number of amides is 1. The molecular formula is C20H22ClNO4. The van der Waals surface area contributed by atoms with Crippen molar-refractivity contribution in [2.45, 2.75) is 25.4 Å². The SMILES string of the molecule is COc1ccc(OC)c(CN(C(=O)COc2ccccc2Cl)C2CC2)c1. The highest BCUT2D eigenvalue weighted by Gasteiger charge is 2.33. The lowest BCUT2D eigenvalue weighted by atomic mass is 10.1. The van der Waals surface area contributed by atoms with E-state index in [1.165, 1.54) is 0 Å². The quantitative estimate of drug-likeness (QED) is 0.701. The lowest BCUT2D eigenvalue weighted by Gasteiger charge is -2.24. The van der Waals surface area contributed by atoms with Gasteiger partial charge in [0.15, 0.2) is 6.61 Å². The number of carbonyl (C=O) groups excluding carboxylic acids is 1. The number of ether oxygens (including phenoxy) is 3. The van der Waals surface area contributed by atoms with Gasteiger partial charge < -0.3 is 19.1 Å². The number of hydrogen-bond acceptors (Lipinski definition) is 4. The summed E-state index contributed by atoms with van der Waals surface area (Å²) in [5.74, 6) is 1.90. The highest BCUT2D eigenvalue weighted by atomic mass is 35.5. The maximum absolute atomic E-state index is 12.8. The molecule has 26 heavy (non-hydrogen) atoms. The number of hydrogen-bond donors (Lipinski definition) is 0. The highest BCUT2D eigenvalue weighted by molar-refractivity contribution is 6.32. The average Bonchev–Trinajstić information content (AvgIpc) is 3.50. The normalized spacial score (nSPS) is 13.2. The molecule has 138 valence electrons. The maximum Gasteiger partial charge on any atom is 0.261 e.